The van der Waals surface area contributed by atoms with Gasteiger partial charge in [0.2, 0.25) is 5.91 Å². The van der Waals surface area contributed by atoms with Crippen molar-refractivity contribution in [3.05, 3.63) is 57.0 Å². The third kappa shape index (κ3) is 3.91. The standard InChI is InChI=1S/C25H32N4O2/c1-5-28-24-23(18(4)27-29(24)21-13-9-6-10-16(21)2)17(3)20(25(28)31)14-15-22(30)26-19-11-7-8-12-19/h6,9-10,13,19H,5,7-8,11-12,14-15H2,1-4H3,(H,26,30). The van der Waals surface area contributed by atoms with Gasteiger partial charge in [-0.3, -0.25) is 14.2 Å². The molecule has 1 amide bonds. The van der Waals surface area contributed by atoms with E-state index in [1.807, 2.05) is 43.7 Å². The Morgan fingerprint density at radius 2 is 1.87 bits per heavy atom. The van der Waals surface area contributed by atoms with Crippen LogP contribution in [0.4, 0.5) is 0 Å². The van der Waals surface area contributed by atoms with Gasteiger partial charge >= 0.3 is 0 Å². The minimum Gasteiger partial charge on any atom is -0.353 e. The average molecular weight is 421 g/mol. The van der Waals surface area contributed by atoms with Crippen molar-refractivity contribution in [2.24, 2.45) is 0 Å². The third-order valence-electron chi connectivity index (χ3n) is 6.60. The van der Waals surface area contributed by atoms with Crippen LogP contribution in [0.25, 0.3) is 16.7 Å². The molecule has 6 heteroatoms. The molecule has 0 unspecified atom stereocenters. The van der Waals surface area contributed by atoms with Crippen molar-refractivity contribution in [2.45, 2.75) is 78.8 Å². The number of benzene rings is 1. The molecule has 164 valence electrons. The molecule has 0 radical (unpaired) electrons. The van der Waals surface area contributed by atoms with Crippen LogP contribution in [0.1, 0.15) is 61.4 Å². The Morgan fingerprint density at radius 3 is 2.55 bits per heavy atom. The number of aromatic nitrogens is 3. The van der Waals surface area contributed by atoms with E-state index >= 15 is 0 Å². The lowest BCUT2D eigenvalue weighted by Gasteiger charge is -2.16. The fourth-order valence-corrected chi connectivity index (χ4v) is 4.94. The van der Waals surface area contributed by atoms with Crippen molar-refractivity contribution in [3.8, 4) is 5.69 Å². The van der Waals surface area contributed by atoms with Crippen molar-refractivity contribution >= 4 is 16.9 Å². The van der Waals surface area contributed by atoms with Gasteiger partial charge in [-0.2, -0.15) is 5.10 Å². The van der Waals surface area contributed by atoms with E-state index in [9.17, 15) is 9.59 Å². The average Bonchev–Trinajstić information content (AvgIpc) is 3.36. The summed E-state index contributed by atoms with van der Waals surface area (Å²) in [5, 5.41) is 8.96. The molecule has 0 bridgehead atoms. The van der Waals surface area contributed by atoms with Gasteiger partial charge in [-0.15, -0.1) is 0 Å². The number of carbonyl (C=O) groups is 1. The number of fused-ring (bicyclic) bond motifs is 1. The minimum atomic E-state index is -0.0177. The zero-order chi connectivity index (χ0) is 22.1. The summed E-state index contributed by atoms with van der Waals surface area (Å²) < 4.78 is 3.70. The summed E-state index contributed by atoms with van der Waals surface area (Å²) in [5.74, 6) is 0.0428. The number of hydrogen-bond acceptors (Lipinski definition) is 3. The van der Waals surface area contributed by atoms with E-state index in [1.54, 1.807) is 4.57 Å². The molecule has 31 heavy (non-hydrogen) atoms. The highest BCUT2D eigenvalue weighted by atomic mass is 16.1. The van der Waals surface area contributed by atoms with E-state index in [2.05, 4.69) is 18.3 Å². The molecule has 1 aromatic carbocycles. The second kappa shape index (κ2) is 8.69. The van der Waals surface area contributed by atoms with Crippen molar-refractivity contribution < 1.29 is 4.79 Å². The SMILES string of the molecule is CCn1c(=O)c(CCC(=O)NC2CCCC2)c(C)c2c(C)nn(-c3ccccc3C)c21. The second-order valence-corrected chi connectivity index (χ2v) is 8.68. The quantitative estimate of drug-likeness (QED) is 0.652. The maximum absolute atomic E-state index is 13.5. The molecule has 4 rings (SSSR count). The topological polar surface area (TPSA) is 68.9 Å². The molecule has 0 aliphatic heterocycles. The Labute approximate surface area is 183 Å². The monoisotopic (exact) mass is 420 g/mol. The molecule has 0 spiro atoms. The van der Waals surface area contributed by atoms with Gasteiger partial charge in [0, 0.05) is 30.0 Å². The lowest BCUT2D eigenvalue weighted by atomic mass is 10.0. The maximum atomic E-state index is 13.5. The molecule has 6 nitrogen and oxygen atoms in total. The number of para-hydroxylation sites is 1. The summed E-state index contributed by atoms with van der Waals surface area (Å²) in [6, 6.07) is 8.38. The van der Waals surface area contributed by atoms with Gasteiger partial charge in [0.15, 0.2) is 0 Å². The largest absolute Gasteiger partial charge is 0.353 e. The normalized spacial score (nSPS) is 14.5. The molecule has 2 heterocycles. The lowest BCUT2D eigenvalue weighted by Crippen LogP contribution is -2.33. The molecule has 3 aromatic rings. The van der Waals surface area contributed by atoms with Gasteiger partial charge in [0.25, 0.3) is 5.56 Å². The lowest BCUT2D eigenvalue weighted by molar-refractivity contribution is -0.121. The van der Waals surface area contributed by atoms with Crippen molar-refractivity contribution in [1.82, 2.24) is 19.7 Å². The van der Waals surface area contributed by atoms with Crippen LogP contribution in [0.3, 0.4) is 0 Å². The fraction of sp³-hybridized carbons (Fsp3) is 0.480. The Hall–Kier alpha value is -2.89. The highest BCUT2D eigenvalue weighted by molar-refractivity contribution is 5.85. The maximum Gasteiger partial charge on any atom is 0.255 e. The first-order chi connectivity index (χ1) is 14.9. The molecule has 1 aliphatic rings. The van der Waals surface area contributed by atoms with Crippen LogP contribution in [-0.2, 0) is 17.8 Å². The number of hydrogen-bond donors (Lipinski definition) is 1. The third-order valence-corrected chi connectivity index (χ3v) is 6.60. The summed E-state index contributed by atoms with van der Waals surface area (Å²) in [5.41, 5.74) is 5.46. The van der Waals surface area contributed by atoms with Crippen LogP contribution < -0.4 is 10.9 Å². The number of aryl methyl sites for hydroxylation is 4. The van der Waals surface area contributed by atoms with Crippen LogP contribution in [0.15, 0.2) is 29.1 Å². The summed E-state index contributed by atoms with van der Waals surface area (Å²) in [6.07, 6.45) is 5.30. The van der Waals surface area contributed by atoms with Crippen LogP contribution >= 0.6 is 0 Å². The number of rotatable bonds is 6. The van der Waals surface area contributed by atoms with Gasteiger partial charge in [0.1, 0.15) is 5.65 Å². The van der Waals surface area contributed by atoms with E-state index in [1.165, 1.54) is 12.8 Å². The number of pyridine rings is 1. The van der Waals surface area contributed by atoms with Crippen LogP contribution in [0.5, 0.6) is 0 Å². The van der Waals surface area contributed by atoms with Crippen molar-refractivity contribution in [3.63, 3.8) is 0 Å². The smallest absolute Gasteiger partial charge is 0.255 e. The predicted octanol–water partition coefficient (Wildman–Crippen LogP) is 4.12. The summed E-state index contributed by atoms with van der Waals surface area (Å²) >= 11 is 0. The van der Waals surface area contributed by atoms with Crippen molar-refractivity contribution in [1.29, 1.82) is 0 Å². The molecule has 1 N–H and O–H groups in total. The molecule has 1 aliphatic carbocycles. The number of carbonyl (C=O) groups excluding carboxylic acids is 1. The Morgan fingerprint density at radius 1 is 1.16 bits per heavy atom. The van der Waals surface area contributed by atoms with E-state index in [4.69, 9.17) is 5.10 Å². The molecule has 1 saturated carbocycles. The summed E-state index contributed by atoms with van der Waals surface area (Å²) in [4.78, 5) is 25.9. The highest BCUT2D eigenvalue weighted by Crippen LogP contribution is 2.27. The molecule has 0 saturated heterocycles. The van der Waals surface area contributed by atoms with Gasteiger partial charge in [-0.25, -0.2) is 4.68 Å². The molecule has 2 aromatic heterocycles. The summed E-state index contributed by atoms with van der Waals surface area (Å²) in [7, 11) is 0. The van der Waals surface area contributed by atoms with Gasteiger partial charge in [-0.05, 0) is 64.2 Å². The first kappa shape index (κ1) is 21.3. The zero-order valence-corrected chi connectivity index (χ0v) is 19.0. The van der Waals surface area contributed by atoms with Gasteiger partial charge in [-0.1, -0.05) is 31.0 Å². The highest BCUT2D eigenvalue weighted by Gasteiger charge is 2.22. The fourth-order valence-electron chi connectivity index (χ4n) is 4.94. The number of amides is 1. The van der Waals surface area contributed by atoms with E-state index in [0.29, 0.717) is 25.4 Å². The Bertz CT molecular complexity index is 1180. The predicted molar refractivity (Wildman–Crippen MR) is 124 cm³/mol. The molecular formula is C25H32N4O2. The van der Waals surface area contributed by atoms with Gasteiger partial charge < -0.3 is 5.32 Å². The number of nitrogens with zero attached hydrogens (tertiary/aromatic N) is 3. The number of nitrogens with one attached hydrogen (secondary N) is 1. The molecule has 0 atom stereocenters. The van der Waals surface area contributed by atoms with Crippen LogP contribution in [0, 0.1) is 20.8 Å². The molecular weight excluding hydrogens is 388 g/mol. The van der Waals surface area contributed by atoms with E-state index in [-0.39, 0.29) is 11.5 Å². The molecule has 1 fully saturated rings. The zero-order valence-electron chi connectivity index (χ0n) is 19.0. The first-order valence-electron chi connectivity index (χ1n) is 11.4. The second-order valence-electron chi connectivity index (χ2n) is 8.68. The van der Waals surface area contributed by atoms with Crippen molar-refractivity contribution in [2.75, 3.05) is 0 Å². The van der Waals surface area contributed by atoms with Gasteiger partial charge in [0.05, 0.1) is 11.4 Å². The summed E-state index contributed by atoms with van der Waals surface area (Å²) in [6.45, 7) is 8.57. The first-order valence-corrected chi connectivity index (χ1v) is 11.4. The van der Waals surface area contributed by atoms with E-state index < -0.39 is 0 Å². The van der Waals surface area contributed by atoms with Crippen LogP contribution in [-0.4, -0.2) is 26.3 Å². The Balaban J connectivity index is 1.75. The van der Waals surface area contributed by atoms with Crippen LogP contribution in [0.2, 0.25) is 0 Å². The minimum absolute atomic E-state index is 0.0177. The Kier molecular flexibility index (Phi) is 5.99. The van der Waals surface area contributed by atoms with E-state index in [0.717, 1.165) is 51.9 Å².